The van der Waals surface area contributed by atoms with Crippen molar-refractivity contribution in [1.82, 2.24) is 9.55 Å². The van der Waals surface area contributed by atoms with Crippen LogP contribution in [0.3, 0.4) is 0 Å². The SMILES string of the molecule is Cc1ncc([N+](=O)[O-])n1CCOC(=O)Nc1ccc(OCc2ccc(F)c(F)c2)cc1. The number of halogens is 2. The normalized spacial score (nSPS) is 10.5. The summed E-state index contributed by atoms with van der Waals surface area (Å²) in [7, 11) is 0. The minimum absolute atomic E-state index is 0.0474. The summed E-state index contributed by atoms with van der Waals surface area (Å²) in [4.78, 5) is 26.2. The maximum absolute atomic E-state index is 13.2. The molecule has 0 aliphatic heterocycles. The van der Waals surface area contributed by atoms with Crippen LogP contribution in [0.15, 0.2) is 48.7 Å². The van der Waals surface area contributed by atoms with Crippen molar-refractivity contribution in [3.63, 3.8) is 0 Å². The summed E-state index contributed by atoms with van der Waals surface area (Å²) in [5.41, 5.74) is 0.910. The molecular weight excluding hydrogens is 414 g/mol. The van der Waals surface area contributed by atoms with E-state index in [2.05, 4.69) is 10.3 Å². The van der Waals surface area contributed by atoms with Crippen LogP contribution in [0.2, 0.25) is 0 Å². The van der Waals surface area contributed by atoms with Gasteiger partial charge in [0, 0.05) is 12.6 Å². The Bertz CT molecular complexity index is 1090. The highest BCUT2D eigenvalue weighted by atomic mass is 19.2. The average molecular weight is 432 g/mol. The minimum Gasteiger partial charge on any atom is -0.489 e. The predicted molar refractivity (Wildman–Crippen MR) is 106 cm³/mol. The molecule has 2 aromatic carbocycles. The summed E-state index contributed by atoms with van der Waals surface area (Å²) in [5, 5.41) is 13.5. The lowest BCUT2D eigenvalue weighted by atomic mass is 10.2. The summed E-state index contributed by atoms with van der Waals surface area (Å²) in [6.07, 6.45) is 0.418. The minimum atomic E-state index is -0.947. The van der Waals surface area contributed by atoms with E-state index in [1.54, 1.807) is 31.2 Å². The Kier molecular flexibility index (Phi) is 6.75. The molecule has 1 N–H and O–H groups in total. The molecule has 0 fully saturated rings. The average Bonchev–Trinajstić information content (AvgIpc) is 3.11. The van der Waals surface area contributed by atoms with Gasteiger partial charge in [-0.15, -0.1) is 0 Å². The molecule has 11 heteroatoms. The molecule has 0 unspecified atom stereocenters. The van der Waals surface area contributed by atoms with Crippen LogP contribution in [0.5, 0.6) is 5.75 Å². The van der Waals surface area contributed by atoms with E-state index in [-0.39, 0.29) is 25.6 Å². The number of anilines is 1. The van der Waals surface area contributed by atoms with Gasteiger partial charge in [0.25, 0.3) is 0 Å². The lowest BCUT2D eigenvalue weighted by molar-refractivity contribution is -0.392. The number of hydrogen-bond donors (Lipinski definition) is 1. The van der Waals surface area contributed by atoms with Crippen molar-refractivity contribution in [3.8, 4) is 5.75 Å². The van der Waals surface area contributed by atoms with Gasteiger partial charge in [-0.25, -0.2) is 23.1 Å². The largest absolute Gasteiger partial charge is 0.489 e. The van der Waals surface area contributed by atoms with Gasteiger partial charge >= 0.3 is 11.9 Å². The Morgan fingerprint density at radius 1 is 1.19 bits per heavy atom. The van der Waals surface area contributed by atoms with Crippen molar-refractivity contribution < 1.29 is 28.0 Å². The molecule has 0 spiro atoms. The molecule has 3 aromatic rings. The first kappa shape index (κ1) is 21.7. The molecule has 0 radical (unpaired) electrons. The number of nitro groups is 1. The van der Waals surface area contributed by atoms with Gasteiger partial charge in [-0.2, -0.15) is 0 Å². The first-order chi connectivity index (χ1) is 14.8. The first-order valence-electron chi connectivity index (χ1n) is 9.10. The zero-order valence-electron chi connectivity index (χ0n) is 16.4. The molecule has 1 heterocycles. The number of ether oxygens (including phenoxy) is 2. The van der Waals surface area contributed by atoms with Gasteiger partial charge < -0.3 is 19.6 Å². The molecule has 162 valence electrons. The lowest BCUT2D eigenvalue weighted by Gasteiger charge is -2.09. The molecule has 31 heavy (non-hydrogen) atoms. The van der Waals surface area contributed by atoms with Crippen LogP contribution in [0.1, 0.15) is 11.4 Å². The van der Waals surface area contributed by atoms with Crippen molar-refractivity contribution in [2.45, 2.75) is 20.1 Å². The summed E-state index contributed by atoms with van der Waals surface area (Å²) in [5.74, 6) is -1.15. The van der Waals surface area contributed by atoms with Gasteiger partial charge in [0.1, 0.15) is 31.7 Å². The Balaban J connectivity index is 1.46. The van der Waals surface area contributed by atoms with Gasteiger partial charge in [0.2, 0.25) is 0 Å². The summed E-state index contributed by atoms with van der Waals surface area (Å²) < 4.78 is 38.0. The Morgan fingerprint density at radius 3 is 2.61 bits per heavy atom. The maximum atomic E-state index is 13.2. The van der Waals surface area contributed by atoms with E-state index in [0.717, 1.165) is 18.3 Å². The molecule has 0 saturated carbocycles. The van der Waals surface area contributed by atoms with Crippen LogP contribution in [-0.4, -0.2) is 27.2 Å². The van der Waals surface area contributed by atoms with Crippen LogP contribution in [0.4, 0.5) is 25.1 Å². The Hall–Kier alpha value is -4.02. The predicted octanol–water partition coefficient (Wildman–Crippen LogP) is 4.21. The van der Waals surface area contributed by atoms with Crippen molar-refractivity contribution >= 4 is 17.6 Å². The molecular formula is C20H18F2N4O5. The smallest absolute Gasteiger partial charge is 0.411 e. The molecule has 9 nitrogen and oxygen atoms in total. The standard InChI is InChI=1S/C20H18F2N4O5/c1-13-23-11-19(26(28)29)25(13)8-9-30-20(27)24-15-3-5-16(6-4-15)31-12-14-2-7-17(21)18(22)10-14/h2-7,10-11H,8-9,12H2,1H3,(H,24,27). The fourth-order valence-electron chi connectivity index (χ4n) is 2.69. The van der Waals surface area contributed by atoms with E-state index in [1.807, 2.05) is 0 Å². The number of nitrogens with one attached hydrogen (secondary N) is 1. The fourth-order valence-corrected chi connectivity index (χ4v) is 2.69. The van der Waals surface area contributed by atoms with Gasteiger partial charge in [0.05, 0.1) is 0 Å². The van der Waals surface area contributed by atoms with Crippen molar-refractivity contribution in [2.75, 3.05) is 11.9 Å². The molecule has 3 rings (SSSR count). The second-order valence-corrected chi connectivity index (χ2v) is 6.39. The number of imidazole rings is 1. The van der Waals surface area contributed by atoms with Crippen LogP contribution < -0.4 is 10.1 Å². The Labute approximate surface area is 175 Å². The van der Waals surface area contributed by atoms with E-state index < -0.39 is 22.7 Å². The second-order valence-electron chi connectivity index (χ2n) is 6.39. The molecule has 0 aliphatic rings. The Morgan fingerprint density at radius 2 is 1.94 bits per heavy atom. The number of rotatable bonds is 8. The fraction of sp³-hybridized carbons (Fsp3) is 0.200. The topological polar surface area (TPSA) is 109 Å². The van der Waals surface area contributed by atoms with E-state index in [4.69, 9.17) is 9.47 Å². The quantitative estimate of drug-likeness (QED) is 0.422. The van der Waals surface area contributed by atoms with Crippen molar-refractivity contribution in [2.24, 2.45) is 0 Å². The zero-order chi connectivity index (χ0) is 22.4. The lowest BCUT2D eigenvalue weighted by Crippen LogP contribution is -2.18. The summed E-state index contributed by atoms with van der Waals surface area (Å²) in [6, 6.07) is 9.84. The number of carbonyl (C=O) groups excluding carboxylic acids is 1. The van der Waals surface area contributed by atoms with Gasteiger partial charge in [-0.05, 0) is 46.9 Å². The number of amides is 1. The third-order valence-electron chi connectivity index (χ3n) is 4.26. The molecule has 1 amide bonds. The summed E-state index contributed by atoms with van der Waals surface area (Å²) >= 11 is 0. The van der Waals surface area contributed by atoms with E-state index in [1.165, 1.54) is 10.6 Å². The van der Waals surface area contributed by atoms with Crippen LogP contribution in [0.25, 0.3) is 0 Å². The monoisotopic (exact) mass is 432 g/mol. The zero-order valence-corrected chi connectivity index (χ0v) is 16.4. The molecule has 0 atom stereocenters. The van der Waals surface area contributed by atoms with Gasteiger partial charge in [0.15, 0.2) is 17.5 Å². The third kappa shape index (κ3) is 5.75. The highest BCUT2D eigenvalue weighted by Gasteiger charge is 2.17. The highest BCUT2D eigenvalue weighted by molar-refractivity contribution is 5.84. The van der Waals surface area contributed by atoms with E-state index in [0.29, 0.717) is 22.8 Å². The highest BCUT2D eigenvalue weighted by Crippen LogP contribution is 2.18. The number of benzene rings is 2. The number of aryl methyl sites for hydroxylation is 1. The van der Waals surface area contributed by atoms with Crippen LogP contribution in [-0.2, 0) is 17.9 Å². The summed E-state index contributed by atoms with van der Waals surface area (Å²) in [6.45, 7) is 1.67. The number of carbonyl (C=O) groups is 1. The molecule has 1 aromatic heterocycles. The first-order valence-corrected chi connectivity index (χ1v) is 9.10. The third-order valence-corrected chi connectivity index (χ3v) is 4.26. The van der Waals surface area contributed by atoms with Gasteiger partial charge in [-0.3, -0.25) is 5.32 Å². The number of aromatic nitrogens is 2. The second kappa shape index (κ2) is 9.65. The maximum Gasteiger partial charge on any atom is 0.411 e. The molecule has 0 bridgehead atoms. The van der Waals surface area contributed by atoms with Crippen LogP contribution >= 0.6 is 0 Å². The number of hydrogen-bond acceptors (Lipinski definition) is 6. The molecule has 0 saturated heterocycles. The van der Waals surface area contributed by atoms with E-state index in [9.17, 15) is 23.7 Å². The van der Waals surface area contributed by atoms with Crippen molar-refractivity contribution in [1.29, 1.82) is 0 Å². The number of nitrogens with zero attached hydrogens (tertiary/aromatic N) is 3. The van der Waals surface area contributed by atoms with Gasteiger partial charge in [-0.1, -0.05) is 6.07 Å². The molecule has 0 aliphatic carbocycles. The van der Waals surface area contributed by atoms with E-state index >= 15 is 0 Å². The van der Waals surface area contributed by atoms with Crippen molar-refractivity contribution in [3.05, 3.63) is 81.8 Å². The van der Waals surface area contributed by atoms with Crippen LogP contribution in [0, 0.1) is 28.7 Å².